The van der Waals surface area contributed by atoms with Crippen molar-refractivity contribution in [2.24, 2.45) is 5.92 Å². The van der Waals surface area contributed by atoms with Crippen LogP contribution >= 0.6 is 0 Å². The number of rotatable bonds is 5. The summed E-state index contributed by atoms with van der Waals surface area (Å²) in [5.41, 5.74) is 2.43. The molecule has 1 aromatic heterocycles. The van der Waals surface area contributed by atoms with Gasteiger partial charge >= 0.3 is 0 Å². The third-order valence-corrected chi connectivity index (χ3v) is 6.64. The highest BCUT2D eigenvalue weighted by atomic mass is 19.1. The second kappa shape index (κ2) is 8.62. The lowest BCUT2D eigenvalue weighted by molar-refractivity contribution is -0.124. The normalized spacial score (nSPS) is 23.2. The van der Waals surface area contributed by atoms with Crippen LogP contribution in [0.1, 0.15) is 43.6 Å². The van der Waals surface area contributed by atoms with E-state index >= 15 is 0 Å². The number of amides is 1. The topological polar surface area (TPSA) is 54.1 Å². The van der Waals surface area contributed by atoms with Gasteiger partial charge in [-0.05, 0) is 79.0 Å². The van der Waals surface area contributed by atoms with E-state index in [1.165, 1.54) is 18.2 Å². The van der Waals surface area contributed by atoms with E-state index in [-0.39, 0.29) is 35.1 Å². The Morgan fingerprint density at radius 2 is 1.88 bits per heavy atom. The lowest BCUT2D eigenvalue weighted by Gasteiger charge is -2.37. The molecule has 0 spiro atoms. The van der Waals surface area contributed by atoms with Crippen LogP contribution in [0.4, 0.5) is 13.2 Å². The molecule has 1 atom stereocenters. The van der Waals surface area contributed by atoms with Gasteiger partial charge in [0.15, 0.2) is 0 Å². The van der Waals surface area contributed by atoms with E-state index in [2.05, 4.69) is 10.3 Å². The average Bonchev–Trinajstić information content (AvgIpc) is 3.11. The number of hydrogen-bond acceptors (Lipinski definition) is 2. The number of carbonyl (C=O) groups is 1. The van der Waals surface area contributed by atoms with Crippen molar-refractivity contribution in [2.45, 2.75) is 44.1 Å². The fourth-order valence-electron chi connectivity index (χ4n) is 5.00. The number of ether oxygens (including phenoxy) is 1. The van der Waals surface area contributed by atoms with Crippen LogP contribution in [-0.4, -0.2) is 30.1 Å². The van der Waals surface area contributed by atoms with Crippen molar-refractivity contribution in [1.29, 1.82) is 0 Å². The Labute approximate surface area is 184 Å². The molecule has 0 bridgehead atoms. The Bertz CT molecular complexity index is 1130. The summed E-state index contributed by atoms with van der Waals surface area (Å²) in [6, 6.07) is 8.17. The predicted octanol–water partition coefficient (Wildman–Crippen LogP) is 5.43. The number of fused-ring (bicyclic) bond motifs is 1. The van der Waals surface area contributed by atoms with Crippen LogP contribution in [0.25, 0.3) is 22.2 Å². The first-order valence-electron chi connectivity index (χ1n) is 11.1. The van der Waals surface area contributed by atoms with Crippen molar-refractivity contribution < 1.29 is 22.7 Å². The van der Waals surface area contributed by atoms with E-state index in [0.29, 0.717) is 42.5 Å². The summed E-state index contributed by atoms with van der Waals surface area (Å²) in [6.45, 7) is 1.40. The van der Waals surface area contributed by atoms with Crippen molar-refractivity contribution in [2.75, 3.05) is 13.2 Å². The van der Waals surface area contributed by atoms with Crippen LogP contribution in [0.15, 0.2) is 36.4 Å². The number of nitrogens with one attached hydrogen (secondary N) is 2. The minimum absolute atomic E-state index is 0.0266. The van der Waals surface area contributed by atoms with Gasteiger partial charge in [0.25, 0.3) is 0 Å². The second-order valence-corrected chi connectivity index (χ2v) is 8.95. The molecule has 1 aliphatic carbocycles. The maximum atomic E-state index is 14.5. The molecular weight excluding hydrogens is 417 g/mol. The molecular formula is C25H25F3N2O2. The third-order valence-electron chi connectivity index (χ3n) is 6.64. The molecule has 4 nitrogen and oxygen atoms in total. The van der Waals surface area contributed by atoms with Crippen molar-refractivity contribution in [3.05, 3.63) is 59.4 Å². The Balaban J connectivity index is 1.36. The predicted molar refractivity (Wildman–Crippen MR) is 116 cm³/mol. The van der Waals surface area contributed by atoms with E-state index in [1.807, 2.05) is 0 Å². The zero-order chi connectivity index (χ0) is 22.2. The monoisotopic (exact) mass is 442 g/mol. The zero-order valence-corrected chi connectivity index (χ0v) is 17.6. The molecule has 2 aliphatic rings. The molecule has 2 aromatic carbocycles. The molecule has 1 saturated carbocycles. The minimum atomic E-state index is -0.659. The third kappa shape index (κ3) is 4.13. The van der Waals surface area contributed by atoms with Gasteiger partial charge in [-0.1, -0.05) is 0 Å². The molecule has 1 unspecified atom stereocenters. The molecule has 7 heteroatoms. The first-order chi connectivity index (χ1) is 15.5. The van der Waals surface area contributed by atoms with E-state index in [0.717, 1.165) is 31.1 Å². The number of carbonyl (C=O) groups excluding carboxylic acids is 1. The molecule has 0 radical (unpaired) electrons. The van der Waals surface area contributed by atoms with Crippen molar-refractivity contribution >= 4 is 16.8 Å². The van der Waals surface area contributed by atoms with Gasteiger partial charge in [0.1, 0.15) is 17.5 Å². The van der Waals surface area contributed by atoms with Gasteiger partial charge < -0.3 is 15.0 Å². The molecule has 1 saturated heterocycles. The smallest absolute Gasteiger partial charge is 0.220 e. The maximum Gasteiger partial charge on any atom is 0.220 e. The Kier molecular flexibility index (Phi) is 5.67. The van der Waals surface area contributed by atoms with Crippen molar-refractivity contribution in [1.82, 2.24) is 10.3 Å². The molecule has 168 valence electrons. The summed E-state index contributed by atoms with van der Waals surface area (Å²) in [5.74, 6) is -1.33. The number of halogens is 3. The zero-order valence-electron chi connectivity index (χ0n) is 17.6. The second-order valence-electron chi connectivity index (χ2n) is 8.95. The van der Waals surface area contributed by atoms with Gasteiger partial charge in [0.05, 0.1) is 11.2 Å². The fourth-order valence-corrected chi connectivity index (χ4v) is 5.00. The van der Waals surface area contributed by atoms with E-state index in [4.69, 9.17) is 4.74 Å². The van der Waals surface area contributed by atoms with Crippen LogP contribution in [0.3, 0.4) is 0 Å². The number of hydrogen-bond donors (Lipinski definition) is 2. The fraction of sp³-hybridized carbons (Fsp3) is 0.400. The maximum absolute atomic E-state index is 14.5. The number of benzene rings is 2. The van der Waals surface area contributed by atoms with Gasteiger partial charge in [-0.2, -0.15) is 0 Å². The summed E-state index contributed by atoms with van der Waals surface area (Å²) < 4.78 is 47.4. The molecule has 2 fully saturated rings. The quantitative estimate of drug-likeness (QED) is 0.554. The van der Waals surface area contributed by atoms with Crippen LogP contribution in [0.2, 0.25) is 0 Å². The first kappa shape index (κ1) is 21.1. The molecule has 3 aromatic rings. The van der Waals surface area contributed by atoms with Gasteiger partial charge in [0, 0.05) is 37.1 Å². The molecule has 1 amide bonds. The highest BCUT2D eigenvalue weighted by Crippen LogP contribution is 2.45. The molecule has 2 heterocycles. The Hall–Kier alpha value is -2.80. The lowest BCUT2D eigenvalue weighted by atomic mass is 9.74. The molecule has 5 rings (SSSR count). The Morgan fingerprint density at radius 3 is 2.59 bits per heavy atom. The average molecular weight is 442 g/mol. The summed E-state index contributed by atoms with van der Waals surface area (Å²) in [4.78, 5) is 15.5. The van der Waals surface area contributed by atoms with E-state index in [1.54, 1.807) is 12.1 Å². The first-order valence-corrected chi connectivity index (χ1v) is 11.1. The summed E-state index contributed by atoms with van der Waals surface area (Å²) >= 11 is 0. The van der Waals surface area contributed by atoms with E-state index < -0.39 is 11.6 Å². The van der Waals surface area contributed by atoms with Crippen LogP contribution in [-0.2, 0) is 9.53 Å². The van der Waals surface area contributed by atoms with Crippen LogP contribution < -0.4 is 5.32 Å². The molecule has 1 aliphatic heterocycles. The van der Waals surface area contributed by atoms with Crippen LogP contribution in [0, 0.1) is 23.4 Å². The number of aromatic amines is 1. The number of H-pyrrole nitrogens is 1. The summed E-state index contributed by atoms with van der Waals surface area (Å²) in [7, 11) is 0. The van der Waals surface area contributed by atoms with Gasteiger partial charge in [0.2, 0.25) is 5.91 Å². The molecule has 32 heavy (non-hydrogen) atoms. The highest BCUT2D eigenvalue weighted by Gasteiger charge is 2.35. The summed E-state index contributed by atoms with van der Waals surface area (Å²) in [5, 5.41) is 3.59. The van der Waals surface area contributed by atoms with Gasteiger partial charge in [-0.15, -0.1) is 0 Å². The highest BCUT2D eigenvalue weighted by molar-refractivity contribution is 5.92. The van der Waals surface area contributed by atoms with Crippen molar-refractivity contribution in [3.8, 4) is 11.3 Å². The van der Waals surface area contributed by atoms with Gasteiger partial charge in [-0.3, -0.25) is 4.79 Å². The standard InChI is InChI=1S/C25H25F3N2O2/c26-17-5-3-15(4-6-17)24-23(20-11-18(27)12-21(28)25(20)30-24)16-9-19(10-16)29-22(31)8-14-2-1-7-32-13-14/h3-6,11-12,14,16,19,30H,1-2,7-10,13H2,(H,29,31)/t14?,16-,19-. The number of aromatic nitrogens is 1. The van der Waals surface area contributed by atoms with Crippen LogP contribution in [0.5, 0.6) is 0 Å². The molecule has 2 N–H and O–H groups in total. The van der Waals surface area contributed by atoms with E-state index in [9.17, 15) is 18.0 Å². The SMILES string of the molecule is O=C(CC1CCCOC1)N[C@H]1C[C@H](c2c(-c3ccc(F)cc3)[nH]c3c(F)cc(F)cc32)C1. The summed E-state index contributed by atoms with van der Waals surface area (Å²) in [6.07, 6.45) is 3.83. The largest absolute Gasteiger partial charge is 0.381 e. The Morgan fingerprint density at radius 1 is 1.09 bits per heavy atom. The van der Waals surface area contributed by atoms with Crippen molar-refractivity contribution in [3.63, 3.8) is 0 Å². The van der Waals surface area contributed by atoms with Gasteiger partial charge in [-0.25, -0.2) is 13.2 Å². The minimum Gasteiger partial charge on any atom is -0.381 e. The lowest BCUT2D eigenvalue weighted by Crippen LogP contribution is -2.44.